The van der Waals surface area contributed by atoms with Crippen LogP contribution in [0.2, 0.25) is 0 Å². The van der Waals surface area contributed by atoms with E-state index in [2.05, 4.69) is 46.3 Å². The minimum Gasteiger partial charge on any atom is -0.453 e. The van der Waals surface area contributed by atoms with Crippen LogP contribution in [0.25, 0.3) is 0 Å². The molecule has 0 radical (unpaired) electrons. The summed E-state index contributed by atoms with van der Waals surface area (Å²) >= 11 is 0. The number of aliphatic hydroxyl groups excluding tert-OH is 1. The molecule has 2 aromatic rings. The number of hydrogen-bond donors (Lipinski definition) is 4. The lowest BCUT2D eigenvalue weighted by Crippen LogP contribution is -2.56. The fourth-order valence-electron chi connectivity index (χ4n) is 4.21. The average Bonchev–Trinajstić information content (AvgIpc) is 2.88. The lowest BCUT2D eigenvalue weighted by atomic mass is 9.98. The number of rotatable bonds is 14. The number of hydrazine groups is 1. The van der Waals surface area contributed by atoms with Gasteiger partial charge in [0.15, 0.2) is 0 Å². The summed E-state index contributed by atoms with van der Waals surface area (Å²) in [5.41, 5.74) is 3.14. The molecular weight excluding hydrogens is 470 g/mol. The first-order valence-electron chi connectivity index (χ1n) is 12.9. The molecule has 37 heavy (non-hydrogen) atoms. The van der Waals surface area contributed by atoms with Gasteiger partial charge < -0.3 is 25.4 Å². The summed E-state index contributed by atoms with van der Waals surface area (Å²) in [6.07, 6.45) is -1.23. The highest BCUT2D eigenvalue weighted by atomic mass is 16.5. The van der Waals surface area contributed by atoms with Crippen LogP contribution in [0.4, 0.5) is 10.5 Å². The number of methoxy groups -OCH3 is 1. The number of benzene rings is 2. The molecule has 0 saturated heterocycles. The number of ether oxygens (including phenoxy) is 1. The Balaban J connectivity index is 2.10. The molecule has 9 heteroatoms. The maximum atomic E-state index is 13.1. The van der Waals surface area contributed by atoms with E-state index < -0.39 is 30.2 Å². The van der Waals surface area contributed by atoms with Gasteiger partial charge in [0.2, 0.25) is 5.91 Å². The fourth-order valence-corrected chi connectivity index (χ4v) is 4.21. The van der Waals surface area contributed by atoms with Gasteiger partial charge in [-0.05, 0) is 49.4 Å². The third kappa shape index (κ3) is 9.68. The lowest BCUT2D eigenvalue weighted by Gasteiger charge is -2.30. The number of aliphatic hydroxyl groups is 1. The largest absolute Gasteiger partial charge is 0.453 e. The first-order chi connectivity index (χ1) is 17.7. The van der Waals surface area contributed by atoms with Gasteiger partial charge in [-0.15, -0.1) is 0 Å². The van der Waals surface area contributed by atoms with Crippen molar-refractivity contribution in [2.24, 2.45) is 11.8 Å². The van der Waals surface area contributed by atoms with Crippen LogP contribution in [0.15, 0.2) is 54.6 Å². The maximum Gasteiger partial charge on any atom is 0.407 e. The number of amides is 2. The van der Waals surface area contributed by atoms with Gasteiger partial charge in [-0.3, -0.25) is 10.6 Å². The van der Waals surface area contributed by atoms with Gasteiger partial charge in [0.25, 0.3) is 0 Å². The first kappa shape index (κ1) is 30.1. The third-order valence-electron chi connectivity index (χ3n) is 6.37. The second kappa shape index (κ2) is 15.2. The highest BCUT2D eigenvalue weighted by Gasteiger charge is 2.30. The van der Waals surface area contributed by atoms with E-state index in [1.807, 2.05) is 56.3 Å². The average molecular weight is 514 g/mol. The second-order valence-corrected chi connectivity index (χ2v) is 9.50. The summed E-state index contributed by atoms with van der Waals surface area (Å²) in [6.45, 7) is 10.4. The zero-order valence-corrected chi connectivity index (χ0v) is 22.7. The van der Waals surface area contributed by atoms with Crippen molar-refractivity contribution in [2.75, 3.05) is 31.6 Å². The van der Waals surface area contributed by atoms with Crippen LogP contribution >= 0.6 is 0 Å². The molecule has 0 aliphatic rings. The molecule has 0 aliphatic carbocycles. The Bertz CT molecular complexity index is 951. The molecule has 0 spiro atoms. The summed E-state index contributed by atoms with van der Waals surface area (Å²) in [7, 11) is 1.25. The van der Waals surface area contributed by atoms with Crippen molar-refractivity contribution in [3.63, 3.8) is 0 Å². The van der Waals surface area contributed by atoms with Crippen LogP contribution in [0.5, 0.6) is 0 Å². The highest BCUT2D eigenvalue weighted by molar-refractivity contribution is 5.86. The number of anilines is 1. The smallest absolute Gasteiger partial charge is 0.407 e. The lowest BCUT2D eigenvalue weighted by molar-refractivity contribution is -0.125. The monoisotopic (exact) mass is 513 g/mol. The summed E-state index contributed by atoms with van der Waals surface area (Å²) < 4.78 is 4.67. The predicted molar refractivity (Wildman–Crippen MR) is 147 cm³/mol. The Hall–Kier alpha value is -3.14. The molecule has 0 aliphatic heterocycles. The van der Waals surface area contributed by atoms with Crippen molar-refractivity contribution >= 4 is 17.7 Å². The maximum absolute atomic E-state index is 13.1. The molecule has 3 atom stereocenters. The van der Waals surface area contributed by atoms with Gasteiger partial charge in [-0.25, -0.2) is 9.80 Å². The second-order valence-electron chi connectivity index (χ2n) is 9.50. The molecule has 2 aromatic carbocycles. The molecular formula is C28H43N5O4. The third-order valence-corrected chi connectivity index (χ3v) is 6.37. The zero-order chi connectivity index (χ0) is 27.4. The van der Waals surface area contributed by atoms with Gasteiger partial charge in [0.1, 0.15) is 6.04 Å². The molecule has 0 unspecified atom stereocenters. The Labute approximate surface area is 220 Å². The van der Waals surface area contributed by atoms with E-state index in [0.717, 1.165) is 29.9 Å². The summed E-state index contributed by atoms with van der Waals surface area (Å²) in [4.78, 5) is 27.1. The molecule has 5 N–H and O–H groups in total. The molecule has 204 valence electrons. The molecule has 0 heterocycles. The predicted octanol–water partition coefficient (Wildman–Crippen LogP) is 2.68. The Morgan fingerprint density at radius 2 is 1.59 bits per heavy atom. The van der Waals surface area contributed by atoms with E-state index in [0.29, 0.717) is 13.0 Å². The van der Waals surface area contributed by atoms with Crippen molar-refractivity contribution < 1.29 is 19.4 Å². The van der Waals surface area contributed by atoms with E-state index in [1.54, 1.807) is 5.01 Å². The standard InChI is InChI=1S/C28H43N5O4/c1-6-32(7-2)23-15-13-22(14-16-23)18-33(29)19-25(34)24(17-21-11-9-8-10-12-21)30-27(35)26(20(3)4)31-28(36)37-5/h8-16,20,24-26,34H,6-7,17-19,29H2,1-5H3,(H,30,35)(H,31,36)/t24-,25-,26-/m0/s1. The zero-order valence-electron chi connectivity index (χ0n) is 22.7. The van der Waals surface area contributed by atoms with Crippen LogP contribution in [0.3, 0.4) is 0 Å². The van der Waals surface area contributed by atoms with E-state index in [-0.39, 0.29) is 12.5 Å². The number of nitrogens with two attached hydrogens (primary N) is 1. The van der Waals surface area contributed by atoms with Crippen LogP contribution in [-0.4, -0.2) is 67.0 Å². The van der Waals surface area contributed by atoms with Crippen LogP contribution in [0.1, 0.15) is 38.8 Å². The number of carbonyl (C=O) groups is 2. The van der Waals surface area contributed by atoms with Crippen LogP contribution < -0.4 is 21.4 Å². The Kier molecular flexibility index (Phi) is 12.4. The van der Waals surface area contributed by atoms with E-state index in [1.165, 1.54) is 7.11 Å². The minimum atomic E-state index is -0.949. The van der Waals surface area contributed by atoms with Gasteiger partial charge in [-0.2, -0.15) is 0 Å². The van der Waals surface area contributed by atoms with Gasteiger partial charge >= 0.3 is 6.09 Å². The van der Waals surface area contributed by atoms with E-state index in [9.17, 15) is 14.7 Å². The number of nitrogens with zero attached hydrogens (tertiary/aromatic N) is 2. The first-order valence-corrected chi connectivity index (χ1v) is 12.9. The van der Waals surface area contributed by atoms with Crippen molar-refractivity contribution in [1.29, 1.82) is 0 Å². The van der Waals surface area contributed by atoms with Crippen LogP contribution in [0, 0.1) is 5.92 Å². The van der Waals surface area contributed by atoms with E-state index >= 15 is 0 Å². The highest BCUT2D eigenvalue weighted by Crippen LogP contribution is 2.16. The Morgan fingerprint density at radius 3 is 2.14 bits per heavy atom. The van der Waals surface area contributed by atoms with Crippen molar-refractivity contribution in [3.8, 4) is 0 Å². The van der Waals surface area contributed by atoms with Crippen molar-refractivity contribution in [3.05, 3.63) is 65.7 Å². The molecule has 0 aromatic heterocycles. The molecule has 2 amide bonds. The summed E-state index contributed by atoms with van der Waals surface area (Å²) in [6, 6.07) is 16.4. The molecule has 0 bridgehead atoms. The molecule has 0 fully saturated rings. The van der Waals surface area contributed by atoms with Gasteiger partial charge in [0, 0.05) is 31.9 Å². The number of carbonyl (C=O) groups excluding carboxylic acids is 2. The van der Waals surface area contributed by atoms with Gasteiger partial charge in [-0.1, -0.05) is 56.3 Å². The minimum absolute atomic E-state index is 0.145. The fraction of sp³-hybridized carbons (Fsp3) is 0.500. The number of nitrogens with one attached hydrogen (secondary N) is 2. The van der Waals surface area contributed by atoms with Crippen LogP contribution in [-0.2, 0) is 22.5 Å². The topological polar surface area (TPSA) is 120 Å². The van der Waals surface area contributed by atoms with Crippen molar-refractivity contribution in [2.45, 2.75) is 58.8 Å². The summed E-state index contributed by atoms with van der Waals surface area (Å²) in [5.74, 6) is 5.71. The van der Waals surface area contributed by atoms with E-state index in [4.69, 9.17) is 5.84 Å². The molecule has 9 nitrogen and oxygen atoms in total. The number of alkyl carbamates (subject to hydrolysis) is 1. The molecule has 2 rings (SSSR count). The summed E-state index contributed by atoms with van der Waals surface area (Å²) in [5, 5.41) is 18.2. The molecule has 0 saturated carbocycles. The number of hydrogen-bond acceptors (Lipinski definition) is 7. The van der Waals surface area contributed by atoms with Gasteiger partial charge in [0.05, 0.1) is 19.3 Å². The SMILES string of the molecule is CCN(CC)c1ccc(CN(N)C[C@H](O)[C@H](Cc2ccccc2)NC(=O)[C@@H](NC(=O)OC)C(C)C)cc1. The normalized spacial score (nSPS) is 13.6. The Morgan fingerprint density at radius 1 is 0.973 bits per heavy atom. The van der Waals surface area contributed by atoms with Crippen molar-refractivity contribution in [1.82, 2.24) is 15.6 Å². The quantitative estimate of drug-likeness (QED) is 0.226.